The third-order valence-electron chi connectivity index (χ3n) is 2.62. The van der Waals surface area contributed by atoms with E-state index in [1.165, 1.54) is 0 Å². The average Bonchev–Trinajstić information content (AvgIpc) is 1.79. The van der Waals surface area contributed by atoms with Crippen molar-refractivity contribution in [1.29, 1.82) is 0 Å². The molecule has 0 radical (unpaired) electrons. The van der Waals surface area contributed by atoms with Crippen LogP contribution in [0.1, 0.15) is 41.5 Å². The summed E-state index contributed by atoms with van der Waals surface area (Å²) < 4.78 is 0. The first-order valence-electron chi connectivity index (χ1n) is 5.00. The Balaban J connectivity index is 4.77. The van der Waals surface area contributed by atoms with Gasteiger partial charge in [-0.25, -0.2) is 0 Å². The summed E-state index contributed by atoms with van der Waals surface area (Å²) in [6.07, 6.45) is 0. The van der Waals surface area contributed by atoms with E-state index in [1.54, 1.807) is 0 Å². The van der Waals surface area contributed by atoms with Crippen molar-refractivity contribution in [3.63, 3.8) is 0 Å². The molecule has 0 spiro atoms. The van der Waals surface area contributed by atoms with Gasteiger partial charge in [-0.05, 0) is 25.8 Å². The molecule has 0 aromatic heterocycles. The molecule has 0 N–H and O–H groups in total. The molecule has 0 rings (SSSR count). The maximum atomic E-state index is 3.53. The summed E-state index contributed by atoms with van der Waals surface area (Å²) >= 11 is 0. The molecule has 0 aliphatic carbocycles. The molecule has 0 bridgehead atoms. The van der Waals surface area contributed by atoms with Gasteiger partial charge in [0.2, 0.25) is 0 Å². The topological polar surface area (TPSA) is 0 Å². The summed E-state index contributed by atoms with van der Waals surface area (Å²) in [6, 6.07) is 0. The van der Waals surface area contributed by atoms with Gasteiger partial charge in [0, 0.05) is 5.41 Å². The van der Waals surface area contributed by atoms with Crippen molar-refractivity contribution >= 4 is 8.07 Å². The molecule has 0 aliphatic heterocycles. The summed E-state index contributed by atoms with van der Waals surface area (Å²) in [7, 11) is -1.38. The highest BCUT2D eigenvalue weighted by Crippen LogP contribution is 2.35. The zero-order chi connectivity index (χ0) is 10.9. The van der Waals surface area contributed by atoms with E-state index < -0.39 is 8.07 Å². The van der Waals surface area contributed by atoms with Crippen LogP contribution in [-0.4, -0.2) is 8.07 Å². The standard InChI is InChI=1S/C12H24Si/c1-11(2,3)9-10-13(7,8)12(4,5)6/h1-8H3. The molecule has 0 unspecified atom stereocenters. The lowest BCUT2D eigenvalue weighted by Crippen LogP contribution is -2.35. The zero-order valence-corrected chi connectivity index (χ0v) is 11.5. The van der Waals surface area contributed by atoms with Gasteiger partial charge in [-0.1, -0.05) is 33.9 Å². The highest BCUT2D eigenvalue weighted by molar-refractivity contribution is 6.87. The van der Waals surface area contributed by atoms with E-state index >= 15 is 0 Å². The van der Waals surface area contributed by atoms with Gasteiger partial charge < -0.3 is 0 Å². The molecule has 0 aromatic rings. The van der Waals surface area contributed by atoms with Gasteiger partial charge in [-0.2, -0.15) is 0 Å². The smallest absolute Gasteiger partial charge is 0.131 e. The minimum Gasteiger partial charge on any atom is -0.131 e. The second kappa shape index (κ2) is 3.50. The van der Waals surface area contributed by atoms with Crippen LogP contribution in [-0.2, 0) is 0 Å². The van der Waals surface area contributed by atoms with Crippen molar-refractivity contribution in [3.8, 4) is 11.5 Å². The number of hydrogen-bond acceptors (Lipinski definition) is 0. The van der Waals surface area contributed by atoms with Gasteiger partial charge in [0.25, 0.3) is 0 Å². The first-order chi connectivity index (χ1) is 5.46. The Kier molecular flexibility index (Phi) is 3.44. The minimum absolute atomic E-state index is 0.148. The molecule has 76 valence electrons. The van der Waals surface area contributed by atoms with Crippen molar-refractivity contribution in [2.24, 2.45) is 5.41 Å². The lowest BCUT2D eigenvalue weighted by atomic mass is 9.99. The van der Waals surface area contributed by atoms with Crippen LogP contribution in [0, 0.1) is 16.9 Å². The third kappa shape index (κ3) is 4.52. The highest BCUT2D eigenvalue weighted by atomic mass is 28.3. The summed E-state index contributed by atoms with van der Waals surface area (Å²) in [5.74, 6) is 3.38. The molecule has 1 heteroatoms. The van der Waals surface area contributed by atoms with Crippen LogP contribution >= 0.6 is 0 Å². The Hall–Kier alpha value is -0.223. The predicted molar refractivity (Wildman–Crippen MR) is 64.4 cm³/mol. The Morgan fingerprint density at radius 3 is 1.46 bits per heavy atom. The zero-order valence-electron chi connectivity index (χ0n) is 10.5. The van der Waals surface area contributed by atoms with Gasteiger partial charge in [0.05, 0.1) is 0 Å². The largest absolute Gasteiger partial charge is 0.137 e. The van der Waals surface area contributed by atoms with Crippen LogP contribution in [0.5, 0.6) is 0 Å². The van der Waals surface area contributed by atoms with E-state index in [0.717, 1.165) is 0 Å². The van der Waals surface area contributed by atoms with Crippen LogP contribution in [0.4, 0.5) is 0 Å². The maximum absolute atomic E-state index is 3.53. The first kappa shape index (κ1) is 12.8. The minimum atomic E-state index is -1.38. The van der Waals surface area contributed by atoms with Crippen molar-refractivity contribution in [3.05, 3.63) is 0 Å². The van der Waals surface area contributed by atoms with Crippen molar-refractivity contribution < 1.29 is 0 Å². The summed E-state index contributed by atoms with van der Waals surface area (Å²) in [4.78, 5) is 0. The lowest BCUT2D eigenvalue weighted by molar-refractivity contribution is 0.571. The summed E-state index contributed by atoms with van der Waals surface area (Å²) in [5.41, 5.74) is 3.68. The van der Waals surface area contributed by atoms with Gasteiger partial charge in [0.15, 0.2) is 0 Å². The van der Waals surface area contributed by atoms with E-state index in [1.807, 2.05) is 0 Å². The predicted octanol–water partition coefficient (Wildman–Crippen LogP) is 4.08. The summed E-state index contributed by atoms with van der Waals surface area (Å²) in [6.45, 7) is 18.1. The quantitative estimate of drug-likeness (QED) is 0.404. The fraction of sp³-hybridized carbons (Fsp3) is 0.833. The third-order valence-corrected chi connectivity index (χ3v) is 7.12. The molecule has 0 atom stereocenters. The molecular formula is C12H24Si. The van der Waals surface area contributed by atoms with Crippen LogP contribution in [0.15, 0.2) is 0 Å². The van der Waals surface area contributed by atoms with Gasteiger partial charge in [-0.15, -0.1) is 11.5 Å². The molecule has 13 heavy (non-hydrogen) atoms. The second-order valence-corrected chi connectivity index (χ2v) is 11.4. The number of rotatable bonds is 0. The Labute approximate surface area is 85.1 Å². The van der Waals surface area contributed by atoms with Crippen LogP contribution in [0.3, 0.4) is 0 Å². The molecule has 0 aliphatic rings. The normalized spacial score (nSPS) is 13.5. The molecule has 0 amide bonds. The van der Waals surface area contributed by atoms with Crippen molar-refractivity contribution in [1.82, 2.24) is 0 Å². The molecule has 0 fully saturated rings. The first-order valence-corrected chi connectivity index (χ1v) is 8.00. The molecule has 0 saturated carbocycles. The monoisotopic (exact) mass is 196 g/mol. The molecular weight excluding hydrogens is 172 g/mol. The van der Waals surface area contributed by atoms with E-state index in [9.17, 15) is 0 Å². The van der Waals surface area contributed by atoms with E-state index in [-0.39, 0.29) is 5.41 Å². The molecule has 0 nitrogen and oxygen atoms in total. The highest BCUT2D eigenvalue weighted by Gasteiger charge is 2.33. The maximum Gasteiger partial charge on any atom is 0.137 e. The number of hydrogen-bond donors (Lipinski definition) is 0. The van der Waals surface area contributed by atoms with Crippen molar-refractivity contribution in [2.45, 2.75) is 59.7 Å². The Morgan fingerprint density at radius 1 is 0.846 bits per heavy atom. The van der Waals surface area contributed by atoms with Crippen LogP contribution in [0.25, 0.3) is 0 Å². The fourth-order valence-electron chi connectivity index (χ4n) is 0.531. The Morgan fingerprint density at radius 2 is 1.23 bits per heavy atom. The fourth-order valence-corrected chi connectivity index (χ4v) is 1.59. The van der Waals surface area contributed by atoms with Crippen LogP contribution < -0.4 is 0 Å². The second-order valence-electron chi connectivity index (χ2n) is 6.38. The molecule has 0 heterocycles. The SMILES string of the molecule is CC(C)(C)C#C[Si](C)(C)C(C)(C)C. The van der Waals surface area contributed by atoms with Gasteiger partial charge >= 0.3 is 0 Å². The van der Waals surface area contributed by atoms with Crippen LogP contribution in [0.2, 0.25) is 18.1 Å². The van der Waals surface area contributed by atoms with E-state index in [0.29, 0.717) is 5.04 Å². The lowest BCUT2D eigenvalue weighted by Gasteiger charge is -2.32. The van der Waals surface area contributed by atoms with Crippen molar-refractivity contribution in [2.75, 3.05) is 0 Å². The van der Waals surface area contributed by atoms with E-state index in [2.05, 4.69) is 66.1 Å². The van der Waals surface area contributed by atoms with Gasteiger partial charge in [-0.3, -0.25) is 0 Å². The van der Waals surface area contributed by atoms with Gasteiger partial charge in [0.1, 0.15) is 8.07 Å². The summed E-state index contributed by atoms with van der Waals surface area (Å²) in [5, 5.41) is 0.380. The van der Waals surface area contributed by atoms with E-state index in [4.69, 9.17) is 0 Å². The average molecular weight is 196 g/mol. The molecule has 0 aromatic carbocycles. The Bertz CT molecular complexity index is 225. The molecule has 0 saturated heterocycles.